The van der Waals surface area contributed by atoms with E-state index in [0.717, 1.165) is 25.9 Å². The van der Waals surface area contributed by atoms with Crippen molar-refractivity contribution in [2.45, 2.75) is 18.8 Å². The largest absolute Gasteiger partial charge is 0.454 e. The zero-order chi connectivity index (χ0) is 17.5. The van der Waals surface area contributed by atoms with Gasteiger partial charge in [-0.3, -0.25) is 4.79 Å². The van der Waals surface area contributed by atoms with E-state index in [1.54, 1.807) is 6.07 Å². The van der Waals surface area contributed by atoms with Crippen LogP contribution >= 0.6 is 0 Å². The highest BCUT2D eigenvalue weighted by Crippen LogP contribution is 2.35. The number of fused-ring (bicyclic) bond motifs is 2. The number of nitrogens with one attached hydrogen (secondary N) is 1. The number of hydrogen-bond acceptors (Lipinski definition) is 3. The molecule has 0 saturated carbocycles. The molecule has 0 spiro atoms. The molecule has 1 fully saturated rings. The average molecular weight is 348 g/mol. The van der Waals surface area contributed by atoms with Crippen LogP contribution in [-0.2, 0) is 0 Å². The molecule has 5 rings (SSSR count). The first kappa shape index (κ1) is 15.3. The van der Waals surface area contributed by atoms with Crippen molar-refractivity contribution >= 4 is 16.8 Å². The van der Waals surface area contributed by atoms with Crippen LogP contribution in [0.25, 0.3) is 10.9 Å². The summed E-state index contributed by atoms with van der Waals surface area (Å²) in [6.45, 7) is 1.78. The van der Waals surface area contributed by atoms with Gasteiger partial charge in [-0.1, -0.05) is 18.2 Å². The molecule has 0 atom stereocenters. The minimum absolute atomic E-state index is 0.0701. The number of likely N-dealkylation sites (tertiary alicyclic amines) is 1. The van der Waals surface area contributed by atoms with Crippen LogP contribution in [0.15, 0.2) is 48.7 Å². The Morgan fingerprint density at radius 3 is 2.73 bits per heavy atom. The summed E-state index contributed by atoms with van der Waals surface area (Å²) in [4.78, 5) is 18.1. The number of para-hydroxylation sites is 1. The maximum Gasteiger partial charge on any atom is 0.253 e. The SMILES string of the molecule is O=C(c1ccc2c(c1)OCO2)N1CCC(c2c[nH]c3ccccc23)CC1. The number of carbonyl (C=O) groups is 1. The Morgan fingerprint density at radius 2 is 1.85 bits per heavy atom. The number of amides is 1. The normalized spacial score (nSPS) is 17.0. The van der Waals surface area contributed by atoms with E-state index in [1.807, 2.05) is 17.0 Å². The quantitative estimate of drug-likeness (QED) is 0.764. The van der Waals surface area contributed by atoms with Crippen LogP contribution < -0.4 is 9.47 Å². The maximum atomic E-state index is 12.8. The third-order valence-corrected chi connectivity index (χ3v) is 5.46. The van der Waals surface area contributed by atoms with Crippen molar-refractivity contribution in [1.29, 1.82) is 0 Å². The number of nitrogens with zero attached hydrogens (tertiary/aromatic N) is 1. The van der Waals surface area contributed by atoms with Gasteiger partial charge in [-0.2, -0.15) is 0 Å². The molecule has 3 aromatic rings. The first-order valence-electron chi connectivity index (χ1n) is 9.04. The van der Waals surface area contributed by atoms with Gasteiger partial charge in [0.25, 0.3) is 5.91 Å². The molecule has 3 heterocycles. The lowest BCUT2D eigenvalue weighted by Crippen LogP contribution is -2.37. The molecule has 0 bridgehead atoms. The molecule has 2 aliphatic heterocycles. The molecule has 26 heavy (non-hydrogen) atoms. The van der Waals surface area contributed by atoms with Crippen molar-refractivity contribution in [3.8, 4) is 11.5 Å². The van der Waals surface area contributed by atoms with Crippen molar-refractivity contribution in [1.82, 2.24) is 9.88 Å². The molecule has 0 unspecified atom stereocenters. The number of ether oxygens (including phenoxy) is 2. The summed E-state index contributed by atoms with van der Waals surface area (Å²) in [6.07, 6.45) is 4.10. The fourth-order valence-electron chi connectivity index (χ4n) is 4.04. The second kappa shape index (κ2) is 6.09. The Morgan fingerprint density at radius 1 is 1.04 bits per heavy atom. The van der Waals surface area contributed by atoms with Crippen molar-refractivity contribution in [2.75, 3.05) is 19.9 Å². The third-order valence-electron chi connectivity index (χ3n) is 5.46. The van der Waals surface area contributed by atoms with Crippen LogP contribution in [0.5, 0.6) is 11.5 Å². The van der Waals surface area contributed by atoms with Gasteiger partial charge in [-0.05, 0) is 48.6 Å². The van der Waals surface area contributed by atoms with Gasteiger partial charge >= 0.3 is 0 Å². The molecule has 0 aliphatic carbocycles. The van der Waals surface area contributed by atoms with E-state index in [1.165, 1.54) is 16.5 Å². The smallest absolute Gasteiger partial charge is 0.253 e. The van der Waals surface area contributed by atoms with Crippen LogP contribution in [0.2, 0.25) is 0 Å². The lowest BCUT2D eigenvalue weighted by atomic mass is 9.89. The molecule has 1 aromatic heterocycles. The fraction of sp³-hybridized carbons (Fsp3) is 0.286. The molecule has 2 aliphatic rings. The van der Waals surface area contributed by atoms with Crippen LogP contribution in [0.4, 0.5) is 0 Å². The average Bonchev–Trinajstić information content (AvgIpc) is 3.34. The van der Waals surface area contributed by atoms with Crippen LogP contribution in [0.3, 0.4) is 0 Å². The third kappa shape index (κ3) is 2.51. The van der Waals surface area contributed by atoms with E-state index in [-0.39, 0.29) is 12.7 Å². The summed E-state index contributed by atoms with van der Waals surface area (Å²) in [6, 6.07) is 13.8. The number of aromatic amines is 1. The molecule has 2 aromatic carbocycles. The standard InChI is InChI=1S/C21H20N2O3/c24-21(15-5-6-19-20(11-15)26-13-25-19)23-9-7-14(8-10-23)17-12-22-18-4-2-1-3-16(17)18/h1-6,11-12,14,22H,7-10,13H2. The van der Waals surface area contributed by atoms with E-state index in [0.29, 0.717) is 23.0 Å². The first-order valence-corrected chi connectivity index (χ1v) is 9.04. The zero-order valence-corrected chi connectivity index (χ0v) is 14.4. The molecular weight excluding hydrogens is 328 g/mol. The highest BCUT2D eigenvalue weighted by Gasteiger charge is 2.27. The summed E-state index contributed by atoms with van der Waals surface area (Å²) < 4.78 is 10.7. The monoisotopic (exact) mass is 348 g/mol. The molecule has 0 radical (unpaired) electrons. The Bertz CT molecular complexity index is 970. The van der Waals surface area contributed by atoms with Gasteiger partial charge in [-0.15, -0.1) is 0 Å². The van der Waals surface area contributed by atoms with Crippen LogP contribution in [0.1, 0.15) is 34.7 Å². The van der Waals surface area contributed by atoms with Gasteiger partial charge in [0, 0.05) is 35.8 Å². The fourth-order valence-corrected chi connectivity index (χ4v) is 4.04. The highest BCUT2D eigenvalue weighted by atomic mass is 16.7. The molecule has 5 nitrogen and oxygen atoms in total. The molecule has 1 amide bonds. The van der Waals surface area contributed by atoms with Crippen molar-refractivity contribution in [3.05, 3.63) is 59.8 Å². The van der Waals surface area contributed by atoms with E-state index in [9.17, 15) is 4.79 Å². The lowest BCUT2D eigenvalue weighted by molar-refractivity contribution is 0.0713. The number of piperidine rings is 1. The van der Waals surface area contributed by atoms with Gasteiger partial charge in [0.1, 0.15) is 0 Å². The second-order valence-corrected chi connectivity index (χ2v) is 6.92. The summed E-state index contributed by atoms with van der Waals surface area (Å²) >= 11 is 0. The Hall–Kier alpha value is -2.95. The van der Waals surface area contributed by atoms with Gasteiger partial charge in [0.15, 0.2) is 11.5 Å². The number of rotatable bonds is 2. The van der Waals surface area contributed by atoms with Crippen molar-refractivity contribution in [2.24, 2.45) is 0 Å². The highest BCUT2D eigenvalue weighted by molar-refractivity contribution is 5.95. The lowest BCUT2D eigenvalue weighted by Gasteiger charge is -2.32. The number of carbonyl (C=O) groups excluding carboxylic acids is 1. The molecule has 5 heteroatoms. The minimum atomic E-state index is 0.0701. The zero-order valence-electron chi connectivity index (χ0n) is 14.4. The molecule has 1 saturated heterocycles. The summed E-state index contributed by atoms with van der Waals surface area (Å²) in [5, 5.41) is 1.30. The molecule has 132 valence electrons. The first-order chi connectivity index (χ1) is 12.8. The minimum Gasteiger partial charge on any atom is -0.454 e. The second-order valence-electron chi connectivity index (χ2n) is 6.92. The number of hydrogen-bond donors (Lipinski definition) is 1. The molecule has 1 N–H and O–H groups in total. The maximum absolute atomic E-state index is 12.8. The van der Waals surface area contributed by atoms with E-state index < -0.39 is 0 Å². The van der Waals surface area contributed by atoms with Gasteiger partial charge in [0.05, 0.1) is 0 Å². The Balaban J connectivity index is 1.30. The van der Waals surface area contributed by atoms with Gasteiger partial charge < -0.3 is 19.4 Å². The molecular formula is C21H20N2O3. The van der Waals surface area contributed by atoms with Crippen molar-refractivity contribution in [3.63, 3.8) is 0 Å². The van der Waals surface area contributed by atoms with E-state index in [4.69, 9.17) is 9.47 Å². The van der Waals surface area contributed by atoms with Gasteiger partial charge in [0.2, 0.25) is 6.79 Å². The van der Waals surface area contributed by atoms with Crippen LogP contribution in [-0.4, -0.2) is 35.7 Å². The van der Waals surface area contributed by atoms with Crippen LogP contribution in [0, 0.1) is 0 Å². The number of benzene rings is 2. The Labute approximate surface area is 151 Å². The van der Waals surface area contributed by atoms with Crippen molar-refractivity contribution < 1.29 is 14.3 Å². The Kier molecular flexibility index (Phi) is 3.59. The number of H-pyrrole nitrogens is 1. The van der Waals surface area contributed by atoms with E-state index >= 15 is 0 Å². The topological polar surface area (TPSA) is 54.6 Å². The predicted octanol–water partition coefficient (Wildman–Crippen LogP) is 3.92. The summed E-state index contributed by atoms with van der Waals surface area (Å²) in [5.74, 6) is 1.93. The van der Waals surface area contributed by atoms with Gasteiger partial charge in [-0.25, -0.2) is 0 Å². The summed E-state index contributed by atoms with van der Waals surface area (Å²) in [5.41, 5.74) is 3.22. The predicted molar refractivity (Wildman–Crippen MR) is 98.7 cm³/mol. The number of aromatic nitrogens is 1. The summed E-state index contributed by atoms with van der Waals surface area (Å²) in [7, 11) is 0. The van der Waals surface area contributed by atoms with E-state index in [2.05, 4.69) is 35.4 Å².